The maximum Gasteiger partial charge on any atom is 0.0724 e. The average Bonchev–Trinajstić information content (AvgIpc) is 3.15. The Morgan fingerprint density at radius 1 is 0.655 bits per heavy atom. The first-order valence-electron chi connectivity index (χ1n) is 10.7. The molecule has 2 unspecified atom stereocenters. The predicted octanol–water partition coefficient (Wildman–Crippen LogP) is 8.58. The number of allylic oxidation sites excluding steroid dienone is 2. The zero-order valence-corrected chi connectivity index (χ0v) is 20.7. The van der Waals surface area contributed by atoms with Crippen LogP contribution in [0.15, 0.2) is 59.7 Å². The van der Waals surface area contributed by atoms with Crippen LogP contribution in [0.1, 0.15) is 61.0 Å². The highest BCUT2D eigenvalue weighted by atomic mass is 35.5. The molecule has 29 heavy (non-hydrogen) atoms. The highest BCUT2D eigenvalue weighted by Crippen LogP contribution is 2.59. The van der Waals surface area contributed by atoms with Gasteiger partial charge in [-0.2, -0.15) is 0 Å². The summed E-state index contributed by atoms with van der Waals surface area (Å²) < 4.78 is 0. The number of rotatable bonds is 4. The highest BCUT2D eigenvalue weighted by molar-refractivity contribution is 6.82. The van der Waals surface area contributed by atoms with Gasteiger partial charge in [0.15, 0.2) is 0 Å². The van der Waals surface area contributed by atoms with E-state index in [1.165, 1.54) is 33.4 Å². The Morgan fingerprint density at radius 3 is 1.34 bits per heavy atom. The smallest absolute Gasteiger partial charge is 0.0724 e. The maximum atomic E-state index is 7.00. The molecule has 0 radical (unpaired) electrons. The van der Waals surface area contributed by atoms with E-state index in [4.69, 9.17) is 23.2 Å². The summed E-state index contributed by atoms with van der Waals surface area (Å²) in [5.41, 5.74) is 8.96. The lowest BCUT2D eigenvalue weighted by Gasteiger charge is -2.41. The average molecular weight is 442 g/mol. The van der Waals surface area contributed by atoms with Crippen LogP contribution >= 0.6 is 23.2 Å². The molecule has 0 saturated carbocycles. The van der Waals surface area contributed by atoms with E-state index in [0.29, 0.717) is 22.9 Å². The normalized spacial score (nSPS) is 21.4. The fourth-order valence-corrected chi connectivity index (χ4v) is 11.9. The molecule has 0 saturated heterocycles. The van der Waals surface area contributed by atoms with Gasteiger partial charge in [-0.25, -0.2) is 0 Å². The van der Waals surface area contributed by atoms with Crippen molar-refractivity contribution < 1.29 is 0 Å². The summed E-state index contributed by atoms with van der Waals surface area (Å²) in [6.45, 7) is 14.2. The molecule has 0 nitrogen and oxygen atoms in total. The van der Waals surface area contributed by atoms with Crippen LogP contribution in [0.3, 0.4) is 0 Å². The molecule has 0 aromatic heterocycles. The lowest BCUT2D eigenvalue weighted by atomic mass is 9.99. The van der Waals surface area contributed by atoms with Crippen LogP contribution < -0.4 is 0 Å². The Morgan fingerprint density at radius 2 is 1.00 bits per heavy atom. The number of halogens is 2. The quantitative estimate of drug-likeness (QED) is 0.417. The summed E-state index contributed by atoms with van der Waals surface area (Å²) in [5.74, 6) is 0.843. The number of benzene rings is 2. The molecule has 0 spiro atoms. The van der Waals surface area contributed by atoms with Gasteiger partial charge in [-0.05, 0) is 45.2 Å². The van der Waals surface area contributed by atoms with Gasteiger partial charge in [-0.3, -0.25) is 0 Å². The molecule has 2 aromatic rings. The topological polar surface area (TPSA) is 0 Å². The Bertz CT molecular complexity index is 945. The van der Waals surface area contributed by atoms with Crippen molar-refractivity contribution in [3.63, 3.8) is 0 Å². The van der Waals surface area contributed by atoms with E-state index in [1.54, 1.807) is 0 Å². The lowest BCUT2D eigenvalue weighted by molar-refractivity contribution is 0.708. The first-order valence-corrected chi connectivity index (χ1v) is 14.6. The van der Waals surface area contributed by atoms with Gasteiger partial charge in [0.1, 0.15) is 0 Å². The highest BCUT2D eigenvalue weighted by Gasteiger charge is 2.51. The molecular formula is C26H30Cl2Si. The van der Waals surface area contributed by atoms with Crippen molar-refractivity contribution >= 4 is 41.3 Å². The van der Waals surface area contributed by atoms with Crippen molar-refractivity contribution in [3.05, 3.63) is 81.9 Å². The third-order valence-corrected chi connectivity index (χ3v) is 11.9. The number of hydrogen-bond donors (Lipinski definition) is 0. The minimum Gasteiger partial charge on any atom is -0.0837 e. The summed E-state index contributed by atoms with van der Waals surface area (Å²) >= 11 is 14.0. The van der Waals surface area contributed by atoms with Crippen molar-refractivity contribution in [3.8, 4) is 0 Å². The zero-order chi connectivity index (χ0) is 21.1. The van der Waals surface area contributed by atoms with Gasteiger partial charge in [0.2, 0.25) is 0 Å². The van der Waals surface area contributed by atoms with Crippen molar-refractivity contribution in [2.45, 2.75) is 51.9 Å². The second kappa shape index (κ2) is 7.44. The van der Waals surface area contributed by atoms with E-state index in [0.717, 1.165) is 10.1 Å². The largest absolute Gasteiger partial charge is 0.0837 e. The summed E-state index contributed by atoms with van der Waals surface area (Å²) in [7, 11) is -1.96. The Kier molecular flexibility index (Phi) is 5.38. The standard InChI is InChI=1S/C26H30Cl2Si/c1-15(2)21-23(27)17-11-7-9-13-19(17)25(21)29(5,6)26-20-14-10-8-12-18(20)24(28)22(26)16(3)4/h7-16,25-26H,1-6H3. The molecule has 0 amide bonds. The van der Waals surface area contributed by atoms with E-state index in [2.05, 4.69) is 89.3 Å². The van der Waals surface area contributed by atoms with E-state index in [9.17, 15) is 0 Å². The summed E-state index contributed by atoms with van der Waals surface area (Å²) in [6, 6.07) is 17.5. The molecule has 2 atom stereocenters. The maximum absolute atomic E-state index is 7.00. The molecule has 0 heterocycles. The fraction of sp³-hybridized carbons (Fsp3) is 0.385. The van der Waals surface area contributed by atoms with Gasteiger partial charge in [-0.1, -0.05) is 113 Å². The number of hydrogen-bond acceptors (Lipinski definition) is 0. The predicted molar refractivity (Wildman–Crippen MR) is 131 cm³/mol. The van der Waals surface area contributed by atoms with E-state index >= 15 is 0 Å². The molecule has 4 rings (SSSR count). The third kappa shape index (κ3) is 3.09. The van der Waals surface area contributed by atoms with Gasteiger partial charge in [0.25, 0.3) is 0 Å². The molecule has 2 aliphatic carbocycles. The molecule has 2 aliphatic rings. The zero-order valence-electron chi connectivity index (χ0n) is 18.2. The summed E-state index contributed by atoms with van der Waals surface area (Å²) in [5, 5.41) is 1.96. The van der Waals surface area contributed by atoms with Gasteiger partial charge in [0, 0.05) is 21.1 Å². The van der Waals surface area contributed by atoms with Crippen LogP contribution in [0.4, 0.5) is 0 Å². The molecule has 152 valence electrons. The number of fused-ring (bicyclic) bond motifs is 2. The van der Waals surface area contributed by atoms with Crippen molar-refractivity contribution in [1.82, 2.24) is 0 Å². The minimum absolute atomic E-state index is 0.403. The third-order valence-electron chi connectivity index (χ3n) is 6.88. The Labute approximate surface area is 186 Å². The molecular weight excluding hydrogens is 411 g/mol. The van der Waals surface area contributed by atoms with Gasteiger partial charge < -0.3 is 0 Å². The first-order chi connectivity index (χ1) is 13.7. The van der Waals surface area contributed by atoms with Crippen LogP contribution in [0, 0.1) is 11.8 Å². The molecule has 0 aliphatic heterocycles. The second-order valence-corrected chi connectivity index (χ2v) is 15.3. The van der Waals surface area contributed by atoms with Crippen LogP contribution in [-0.2, 0) is 0 Å². The van der Waals surface area contributed by atoms with E-state index in [1.807, 2.05) is 0 Å². The molecule has 3 heteroatoms. The Hall–Kier alpha value is -1.28. The van der Waals surface area contributed by atoms with Gasteiger partial charge in [-0.15, -0.1) is 0 Å². The van der Waals surface area contributed by atoms with Crippen molar-refractivity contribution in [2.24, 2.45) is 11.8 Å². The summed E-state index contributed by atoms with van der Waals surface area (Å²) in [6.07, 6.45) is 0. The summed E-state index contributed by atoms with van der Waals surface area (Å²) in [4.78, 5) is 0. The van der Waals surface area contributed by atoms with Crippen LogP contribution in [0.25, 0.3) is 10.1 Å². The van der Waals surface area contributed by atoms with Crippen LogP contribution in [-0.4, -0.2) is 8.07 Å². The second-order valence-electron chi connectivity index (χ2n) is 9.71. The van der Waals surface area contributed by atoms with Crippen molar-refractivity contribution in [2.75, 3.05) is 0 Å². The molecule has 2 aromatic carbocycles. The monoisotopic (exact) mass is 440 g/mol. The fourth-order valence-electron chi connectivity index (χ4n) is 5.74. The van der Waals surface area contributed by atoms with Gasteiger partial charge >= 0.3 is 0 Å². The SMILES string of the molecule is CC(C)C1=C(Cl)c2ccccc2C1[Si](C)(C)C1C(C(C)C)=C(Cl)c2ccccc21. The van der Waals surface area contributed by atoms with E-state index in [-0.39, 0.29) is 0 Å². The Balaban J connectivity index is 1.95. The van der Waals surface area contributed by atoms with Crippen LogP contribution in [0.2, 0.25) is 13.1 Å². The molecule has 0 fully saturated rings. The molecule has 0 N–H and O–H groups in total. The minimum atomic E-state index is -1.96. The molecule has 0 bridgehead atoms. The van der Waals surface area contributed by atoms with E-state index < -0.39 is 8.07 Å². The van der Waals surface area contributed by atoms with Crippen molar-refractivity contribution in [1.29, 1.82) is 0 Å². The van der Waals surface area contributed by atoms with Gasteiger partial charge in [0.05, 0.1) is 8.07 Å². The first kappa shape index (κ1) is 21.0. The lowest BCUT2D eigenvalue weighted by Crippen LogP contribution is -2.44. The van der Waals surface area contributed by atoms with Crippen LogP contribution in [0.5, 0.6) is 0 Å².